The monoisotopic (exact) mass is 1450 g/mol. The van der Waals surface area contributed by atoms with E-state index in [1.807, 2.05) is 0 Å². The van der Waals surface area contributed by atoms with Crippen molar-refractivity contribution in [1.82, 2.24) is 0 Å². The first-order valence-corrected chi connectivity index (χ1v) is 42.9. The highest BCUT2D eigenvalue weighted by Crippen LogP contribution is 2.45. The smallest absolute Gasteiger partial charge is 0.462 e. The van der Waals surface area contributed by atoms with Crippen LogP contribution >= 0.6 is 15.6 Å². The summed E-state index contributed by atoms with van der Waals surface area (Å²) in [6.07, 6.45) is 75.5. The summed E-state index contributed by atoms with van der Waals surface area (Å²) in [5.74, 6) is -2.21. The van der Waals surface area contributed by atoms with Gasteiger partial charge in [0.05, 0.1) is 26.4 Å². The largest absolute Gasteiger partial charge is 0.472 e. The lowest BCUT2D eigenvalue weighted by Crippen LogP contribution is -2.30. The quantitative estimate of drug-likeness (QED) is 0.0128. The number of esters is 4. The molecular formula is C81H144O17P2. The molecule has 0 spiro atoms. The van der Waals surface area contributed by atoms with Crippen molar-refractivity contribution in [1.29, 1.82) is 0 Å². The Morgan fingerprint density at radius 3 is 0.840 bits per heavy atom. The summed E-state index contributed by atoms with van der Waals surface area (Å²) < 4.78 is 68.6. The Hall–Kier alpha value is -3.76. The number of aliphatic hydroxyl groups is 1. The second-order valence-corrected chi connectivity index (χ2v) is 29.6. The molecule has 0 saturated carbocycles. The average molecular weight is 1450 g/mol. The standard InChI is InChI=1S/C81H144O17P2/c1-5-9-13-17-21-25-29-33-37-41-45-49-53-57-61-65-78(83)91-71-76(97-80(85)67-63-59-55-51-47-43-39-35-31-27-23-19-15-11-7-3)73-95-99(87,88)93-69-75(82)70-94-100(89,90)96-74-77(98-81(86)68-64-60-56-52-48-44-40-36-32-28-24-20-16-12-8-4)72-92-79(84)66-62-58-54-50-46-42-38-34-30-26-22-18-14-10-6-2/h23,26-28,30,32-40,75-77,82H,5-22,24-25,29,31,41-74H2,1-4H3,(H,87,88)(H,89,90)/b27-23-,30-26-,32-28-,37-33-,38-34-,39-35-,40-36-/t75-,76-,77-/m1/s1. The summed E-state index contributed by atoms with van der Waals surface area (Å²) in [7, 11) is -9.96. The van der Waals surface area contributed by atoms with Gasteiger partial charge in [-0.05, 0) is 135 Å². The number of carbonyl (C=O) groups is 4. The molecule has 2 unspecified atom stereocenters. The van der Waals surface area contributed by atoms with Gasteiger partial charge in [-0.3, -0.25) is 37.3 Å². The molecule has 0 saturated heterocycles. The number of hydrogen-bond acceptors (Lipinski definition) is 15. The van der Waals surface area contributed by atoms with Gasteiger partial charge < -0.3 is 33.8 Å². The highest BCUT2D eigenvalue weighted by molar-refractivity contribution is 7.47. The zero-order valence-electron chi connectivity index (χ0n) is 63.4. The van der Waals surface area contributed by atoms with Crippen LogP contribution in [0.4, 0.5) is 0 Å². The Labute approximate surface area is 608 Å². The Morgan fingerprint density at radius 2 is 0.520 bits per heavy atom. The van der Waals surface area contributed by atoms with Gasteiger partial charge in [0.1, 0.15) is 19.3 Å². The molecule has 580 valence electrons. The molecule has 0 rings (SSSR count). The van der Waals surface area contributed by atoms with E-state index < -0.39 is 97.5 Å². The topological polar surface area (TPSA) is 237 Å². The van der Waals surface area contributed by atoms with Gasteiger partial charge in [-0.15, -0.1) is 0 Å². The number of phosphoric acid groups is 2. The first-order chi connectivity index (χ1) is 48.7. The van der Waals surface area contributed by atoms with Crippen LogP contribution in [-0.4, -0.2) is 96.7 Å². The minimum absolute atomic E-state index is 0.0749. The number of ether oxygens (including phenoxy) is 4. The molecule has 19 heteroatoms. The molecule has 3 N–H and O–H groups in total. The second kappa shape index (κ2) is 73.5. The Kier molecular flexibility index (Phi) is 70.8. The average Bonchev–Trinajstić information content (AvgIpc) is 1.25. The molecular weight excluding hydrogens is 1310 g/mol. The van der Waals surface area contributed by atoms with Crippen molar-refractivity contribution in [3.8, 4) is 0 Å². The highest BCUT2D eigenvalue weighted by Gasteiger charge is 2.30. The molecule has 0 aromatic heterocycles. The predicted molar refractivity (Wildman–Crippen MR) is 409 cm³/mol. The van der Waals surface area contributed by atoms with E-state index in [1.165, 1.54) is 109 Å². The molecule has 0 aromatic carbocycles. The summed E-state index contributed by atoms with van der Waals surface area (Å²) in [5.41, 5.74) is 0. The molecule has 17 nitrogen and oxygen atoms in total. The van der Waals surface area contributed by atoms with Crippen molar-refractivity contribution in [3.05, 3.63) is 85.1 Å². The minimum atomic E-state index is -4.98. The maximum Gasteiger partial charge on any atom is 0.472 e. The van der Waals surface area contributed by atoms with E-state index in [2.05, 4.69) is 113 Å². The van der Waals surface area contributed by atoms with E-state index in [9.17, 15) is 43.2 Å². The van der Waals surface area contributed by atoms with Crippen LogP contribution in [0.25, 0.3) is 0 Å². The van der Waals surface area contributed by atoms with E-state index in [-0.39, 0.29) is 25.7 Å². The summed E-state index contributed by atoms with van der Waals surface area (Å²) in [4.78, 5) is 73.0. The van der Waals surface area contributed by atoms with E-state index in [0.29, 0.717) is 25.7 Å². The molecule has 0 heterocycles. The summed E-state index contributed by atoms with van der Waals surface area (Å²) in [6.45, 7) is 4.78. The normalized spacial score (nSPS) is 14.3. The van der Waals surface area contributed by atoms with Gasteiger partial charge in [0.2, 0.25) is 0 Å². The van der Waals surface area contributed by atoms with Gasteiger partial charge in [0.15, 0.2) is 12.2 Å². The van der Waals surface area contributed by atoms with Gasteiger partial charge >= 0.3 is 39.5 Å². The number of allylic oxidation sites excluding steroid dienone is 14. The fourth-order valence-electron chi connectivity index (χ4n) is 10.7. The number of carbonyl (C=O) groups excluding carboxylic acids is 4. The maximum absolute atomic E-state index is 13.1. The molecule has 0 bridgehead atoms. The van der Waals surface area contributed by atoms with Crippen LogP contribution in [-0.2, 0) is 65.4 Å². The fraction of sp³-hybridized carbons (Fsp3) is 0.778. The number of hydrogen-bond donors (Lipinski definition) is 3. The number of aliphatic hydroxyl groups excluding tert-OH is 1. The lowest BCUT2D eigenvalue weighted by Gasteiger charge is -2.21. The molecule has 0 radical (unpaired) electrons. The Bertz CT molecular complexity index is 2230. The third-order valence-corrected chi connectivity index (χ3v) is 18.8. The molecule has 0 amide bonds. The van der Waals surface area contributed by atoms with Crippen LogP contribution in [0.2, 0.25) is 0 Å². The number of unbranched alkanes of at least 4 members (excludes halogenated alkanes) is 37. The van der Waals surface area contributed by atoms with Crippen molar-refractivity contribution in [3.63, 3.8) is 0 Å². The van der Waals surface area contributed by atoms with Gasteiger partial charge in [0, 0.05) is 25.7 Å². The highest BCUT2D eigenvalue weighted by atomic mass is 31.2. The zero-order chi connectivity index (χ0) is 73.2. The van der Waals surface area contributed by atoms with E-state index >= 15 is 0 Å². The molecule has 0 aromatic rings. The van der Waals surface area contributed by atoms with Crippen LogP contribution in [0.15, 0.2) is 85.1 Å². The van der Waals surface area contributed by atoms with Crippen LogP contribution < -0.4 is 0 Å². The predicted octanol–water partition coefficient (Wildman–Crippen LogP) is 23.0. The fourth-order valence-corrected chi connectivity index (χ4v) is 12.3. The summed E-state index contributed by atoms with van der Waals surface area (Å²) >= 11 is 0. The van der Waals surface area contributed by atoms with Crippen LogP contribution in [0.3, 0.4) is 0 Å². The maximum atomic E-state index is 13.1. The number of phosphoric ester groups is 2. The third kappa shape index (κ3) is 72.6. The van der Waals surface area contributed by atoms with Crippen LogP contribution in [0.5, 0.6) is 0 Å². The van der Waals surface area contributed by atoms with Crippen molar-refractivity contribution in [2.24, 2.45) is 0 Å². The molecule has 0 fully saturated rings. The van der Waals surface area contributed by atoms with Gasteiger partial charge in [-0.25, -0.2) is 9.13 Å². The van der Waals surface area contributed by atoms with E-state index in [4.69, 9.17) is 37.0 Å². The second-order valence-electron chi connectivity index (χ2n) is 26.7. The van der Waals surface area contributed by atoms with Gasteiger partial charge in [-0.1, -0.05) is 273 Å². The van der Waals surface area contributed by atoms with Crippen LogP contribution in [0, 0.1) is 0 Å². The lowest BCUT2D eigenvalue weighted by molar-refractivity contribution is -0.161. The number of rotatable bonds is 75. The van der Waals surface area contributed by atoms with Gasteiger partial charge in [0.25, 0.3) is 0 Å². The minimum Gasteiger partial charge on any atom is -0.462 e. The van der Waals surface area contributed by atoms with E-state index in [1.54, 1.807) is 0 Å². The third-order valence-electron chi connectivity index (χ3n) is 16.9. The lowest BCUT2D eigenvalue weighted by atomic mass is 10.1. The molecule has 100 heavy (non-hydrogen) atoms. The van der Waals surface area contributed by atoms with Crippen LogP contribution in [0.1, 0.15) is 349 Å². The zero-order valence-corrected chi connectivity index (χ0v) is 65.2. The van der Waals surface area contributed by atoms with E-state index in [0.717, 1.165) is 161 Å². The molecule has 0 aliphatic rings. The van der Waals surface area contributed by atoms with Crippen molar-refractivity contribution >= 4 is 39.5 Å². The summed E-state index contributed by atoms with van der Waals surface area (Å²) in [5, 5.41) is 10.6. The summed E-state index contributed by atoms with van der Waals surface area (Å²) in [6, 6.07) is 0. The molecule has 5 atom stereocenters. The Morgan fingerprint density at radius 1 is 0.290 bits per heavy atom. The van der Waals surface area contributed by atoms with Crippen molar-refractivity contribution < 1.29 is 80.2 Å². The molecule has 0 aliphatic heterocycles. The first kappa shape index (κ1) is 96.2. The Balaban J connectivity index is 5.39. The first-order valence-electron chi connectivity index (χ1n) is 39.9. The molecule has 0 aliphatic carbocycles. The van der Waals surface area contributed by atoms with Crippen molar-refractivity contribution in [2.45, 2.75) is 367 Å². The SMILES string of the molecule is CCCCC/C=C\C/C=C\CCCCCCCC(=O)O[C@H](COC(=O)CCCCCCC/C=C\CCCCCCCC)COP(=O)(O)OC[C@@H](O)COP(=O)(O)OC[C@@H](COC(=O)CCCCCCC/C=C\C=C/CCCCCC)OC(=O)CCCCCCC/C=C\C=C/CCCCCC. The van der Waals surface area contributed by atoms with Crippen molar-refractivity contribution in [2.75, 3.05) is 39.6 Å². The van der Waals surface area contributed by atoms with Gasteiger partial charge in [-0.2, -0.15) is 0 Å².